The lowest BCUT2D eigenvalue weighted by atomic mass is 9.99. The third-order valence-electron chi connectivity index (χ3n) is 6.15. The molecular weight excluding hydrogens is 570 g/mol. The molecule has 0 spiro atoms. The molecule has 2 heterocycles. The van der Waals surface area contributed by atoms with E-state index < -0.39 is 53.7 Å². The third kappa shape index (κ3) is 8.27. The number of hydrogen-bond donors (Lipinski definition) is 0. The molecule has 1 aliphatic rings. The van der Waals surface area contributed by atoms with Crippen LogP contribution in [0.2, 0.25) is 0 Å². The standard InChI is InChI=1S/C28H31N3O10S/c1-16(32)37-15-23-25(39-17(2)33)26(38-14-21-12-31(30-29-21)13-24(35)36-4)27(40-18(3)34)28(41-23)42-22-10-9-19-7-5-6-8-20(19)11-22/h5-12,23,25-28H,13-15H2,1-4H3/t23-,25+,26+,27-,28+/m1/s1. The van der Waals surface area contributed by atoms with Gasteiger partial charge in [-0.15, -0.1) is 5.10 Å². The van der Waals surface area contributed by atoms with Gasteiger partial charge in [0.05, 0.1) is 19.9 Å². The minimum atomic E-state index is -1.12. The predicted octanol–water partition coefficient (Wildman–Crippen LogP) is 2.43. The Morgan fingerprint density at radius 3 is 2.33 bits per heavy atom. The van der Waals surface area contributed by atoms with E-state index in [0.717, 1.165) is 15.7 Å². The van der Waals surface area contributed by atoms with E-state index in [4.69, 9.17) is 23.7 Å². The van der Waals surface area contributed by atoms with E-state index in [0.29, 0.717) is 5.69 Å². The number of aromatic nitrogens is 3. The van der Waals surface area contributed by atoms with Crippen LogP contribution < -0.4 is 0 Å². The molecule has 1 fully saturated rings. The summed E-state index contributed by atoms with van der Waals surface area (Å²) < 4.78 is 35.0. The van der Waals surface area contributed by atoms with Gasteiger partial charge in [-0.05, 0) is 22.9 Å². The highest BCUT2D eigenvalue weighted by atomic mass is 32.2. The second-order valence-corrected chi connectivity index (χ2v) is 10.6. The molecule has 13 nitrogen and oxygen atoms in total. The van der Waals surface area contributed by atoms with Gasteiger partial charge in [-0.1, -0.05) is 47.3 Å². The lowest BCUT2D eigenvalue weighted by Gasteiger charge is -2.44. The topological polar surface area (TPSA) is 154 Å². The molecule has 1 saturated heterocycles. The second kappa shape index (κ2) is 14.2. The summed E-state index contributed by atoms with van der Waals surface area (Å²) in [7, 11) is 1.26. The number of rotatable bonds is 11. The number of thioether (sulfide) groups is 1. The van der Waals surface area contributed by atoms with Gasteiger partial charge in [0.2, 0.25) is 0 Å². The number of fused-ring (bicyclic) bond motifs is 1. The largest absolute Gasteiger partial charge is 0.468 e. The maximum Gasteiger partial charge on any atom is 0.327 e. The maximum absolute atomic E-state index is 12.3. The van der Waals surface area contributed by atoms with Crippen molar-refractivity contribution < 1.29 is 47.6 Å². The average molecular weight is 602 g/mol. The first-order valence-corrected chi connectivity index (χ1v) is 13.9. The number of nitrogens with zero attached hydrogens (tertiary/aromatic N) is 3. The van der Waals surface area contributed by atoms with Gasteiger partial charge < -0.3 is 28.4 Å². The lowest BCUT2D eigenvalue weighted by molar-refractivity contribution is -0.241. The van der Waals surface area contributed by atoms with Gasteiger partial charge in [-0.3, -0.25) is 19.2 Å². The van der Waals surface area contributed by atoms with Crippen molar-refractivity contribution in [1.82, 2.24) is 15.0 Å². The highest BCUT2D eigenvalue weighted by Gasteiger charge is 2.51. The zero-order valence-corrected chi connectivity index (χ0v) is 24.3. The molecule has 0 amide bonds. The number of hydrogen-bond acceptors (Lipinski definition) is 13. The molecule has 42 heavy (non-hydrogen) atoms. The van der Waals surface area contributed by atoms with Crippen molar-refractivity contribution in [3.8, 4) is 0 Å². The summed E-state index contributed by atoms with van der Waals surface area (Å²) in [5.74, 6) is -2.31. The minimum Gasteiger partial charge on any atom is -0.468 e. The fourth-order valence-electron chi connectivity index (χ4n) is 4.38. The van der Waals surface area contributed by atoms with Crippen molar-refractivity contribution in [2.45, 2.75) is 68.7 Å². The highest BCUT2D eigenvalue weighted by Crippen LogP contribution is 2.38. The molecule has 0 radical (unpaired) electrons. The van der Waals surface area contributed by atoms with E-state index in [9.17, 15) is 19.2 Å². The van der Waals surface area contributed by atoms with Gasteiger partial charge in [0.15, 0.2) is 12.2 Å². The Labute approximate surface area is 245 Å². The van der Waals surface area contributed by atoms with E-state index in [1.54, 1.807) is 0 Å². The molecule has 0 N–H and O–H groups in total. The van der Waals surface area contributed by atoms with Crippen LogP contribution in [-0.4, -0.2) is 82.4 Å². The summed E-state index contributed by atoms with van der Waals surface area (Å²) >= 11 is 1.28. The Morgan fingerprint density at radius 1 is 0.929 bits per heavy atom. The molecular formula is C28H31N3O10S. The van der Waals surface area contributed by atoms with Crippen molar-refractivity contribution in [3.63, 3.8) is 0 Å². The number of esters is 4. The van der Waals surface area contributed by atoms with Gasteiger partial charge >= 0.3 is 23.9 Å². The maximum atomic E-state index is 12.3. The van der Waals surface area contributed by atoms with Gasteiger partial charge in [-0.25, -0.2) is 4.68 Å². The summed E-state index contributed by atoms with van der Waals surface area (Å²) in [5.41, 5.74) is -0.494. The smallest absolute Gasteiger partial charge is 0.327 e. The van der Waals surface area contributed by atoms with Crippen LogP contribution in [-0.2, 0) is 60.8 Å². The normalized spacial score (nSPS) is 21.9. The SMILES string of the molecule is COC(=O)Cn1cc(CO[C@H]2[C@@H](OC(C)=O)[C@@H](COC(C)=O)O[C@@H](Sc3ccc4ccccc4c3)[C@@H]2OC(C)=O)nn1. The van der Waals surface area contributed by atoms with E-state index >= 15 is 0 Å². The van der Waals surface area contributed by atoms with Crippen LogP contribution in [0.1, 0.15) is 26.5 Å². The second-order valence-electron chi connectivity index (χ2n) is 9.38. The Hall–Kier alpha value is -4.01. The molecule has 4 rings (SSSR count). The van der Waals surface area contributed by atoms with Crippen LogP contribution in [0.15, 0.2) is 53.6 Å². The molecule has 0 unspecified atom stereocenters. The van der Waals surface area contributed by atoms with Gasteiger partial charge in [0.1, 0.15) is 36.5 Å². The van der Waals surface area contributed by atoms with E-state index in [2.05, 4.69) is 15.0 Å². The summed E-state index contributed by atoms with van der Waals surface area (Å²) in [6.45, 7) is 3.17. The first kappa shape index (κ1) is 30.9. The Kier molecular flexibility index (Phi) is 10.5. The summed E-state index contributed by atoms with van der Waals surface area (Å²) in [6.07, 6.45) is -2.69. The minimum absolute atomic E-state index is 0.144. The Bertz CT molecular complexity index is 1430. The molecule has 2 aromatic carbocycles. The van der Waals surface area contributed by atoms with Crippen molar-refractivity contribution >= 4 is 46.4 Å². The summed E-state index contributed by atoms with van der Waals surface area (Å²) in [4.78, 5) is 48.5. The molecule has 224 valence electrons. The highest BCUT2D eigenvalue weighted by molar-refractivity contribution is 7.99. The van der Waals surface area contributed by atoms with Crippen molar-refractivity contribution in [3.05, 3.63) is 54.4 Å². The fourth-order valence-corrected chi connectivity index (χ4v) is 5.54. The van der Waals surface area contributed by atoms with Crippen LogP contribution in [0.3, 0.4) is 0 Å². The molecule has 1 aromatic heterocycles. The quantitative estimate of drug-likeness (QED) is 0.234. The number of benzene rings is 2. The molecule has 3 aromatic rings. The predicted molar refractivity (Wildman–Crippen MR) is 147 cm³/mol. The Morgan fingerprint density at radius 2 is 1.64 bits per heavy atom. The van der Waals surface area contributed by atoms with E-state index in [-0.39, 0.29) is 19.8 Å². The first-order valence-electron chi connectivity index (χ1n) is 13.0. The number of carbonyl (C=O) groups is 4. The van der Waals surface area contributed by atoms with Crippen molar-refractivity contribution in [1.29, 1.82) is 0 Å². The summed E-state index contributed by atoms with van der Waals surface area (Å²) in [6, 6.07) is 13.7. The van der Waals surface area contributed by atoms with Crippen LogP contribution in [0, 0.1) is 0 Å². The monoisotopic (exact) mass is 601 g/mol. The third-order valence-corrected chi connectivity index (χ3v) is 7.29. The fraction of sp³-hybridized carbons (Fsp3) is 0.429. The zero-order valence-electron chi connectivity index (χ0n) is 23.5. The van der Waals surface area contributed by atoms with Crippen LogP contribution in [0.5, 0.6) is 0 Å². The number of methoxy groups -OCH3 is 1. The molecule has 5 atom stereocenters. The van der Waals surface area contributed by atoms with Crippen molar-refractivity contribution in [2.24, 2.45) is 0 Å². The molecule has 0 saturated carbocycles. The molecule has 0 aliphatic carbocycles. The number of ether oxygens (including phenoxy) is 6. The molecule has 0 bridgehead atoms. The van der Waals surface area contributed by atoms with Crippen molar-refractivity contribution in [2.75, 3.05) is 13.7 Å². The lowest BCUT2D eigenvalue weighted by Crippen LogP contribution is -2.61. The Balaban J connectivity index is 1.65. The van der Waals surface area contributed by atoms with Gasteiger partial charge in [0.25, 0.3) is 0 Å². The number of carbonyl (C=O) groups excluding carboxylic acids is 4. The van der Waals surface area contributed by atoms with Crippen LogP contribution in [0.4, 0.5) is 0 Å². The summed E-state index contributed by atoms with van der Waals surface area (Å²) in [5, 5.41) is 9.95. The van der Waals surface area contributed by atoms with Gasteiger partial charge in [0, 0.05) is 25.7 Å². The van der Waals surface area contributed by atoms with E-state index in [1.807, 2.05) is 42.5 Å². The zero-order chi connectivity index (χ0) is 30.2. The van der Waals surface area contributed by atoms with Crippen LogP contribution in [0.25, 0.3) is 10.8 Å². The van der Waals surface area contributed by atoms with E-state index in [1.165, 1.54) is 50.5 Å². The molecule has 14 heteroatoms. The van der Waals surface area contributed by atoms with Crippen LogP contribution >= 0.6 is 11.8 Å². The molecule has 1 aliphatic heterocycles. The van der Waals surface area contributed by atoms with Gasteiger partial charge in [-0.2, -0.15) is 0 Å². The first-order chi connectivity index (χ1) is 20.1. The average Bonchev–Trinajstić information content (AvgIpc) is 3.39.